The molecule has 0 saturated carbocycles. The molecule has 2 rings (SSSR count). The maximum absolute atomic E-state index is 12.1. The normalized spacial score (nSPS) is 11.6. The van der Waals surface area contributed by atoms with Gasteiger partial charge in [0.2, 0.25) is 15.2 Å². The minimum Gasteiger partial charge on any atom is -0.257 e. The van der Waals surface area contributed by atoms with E-state index in [2.05, 4.69) is 14.9 Å². The maximum atomic E-state index is 12.1. The van der Waals surface area contributed by atoms with E-state index in [1.807, 2.05) is 6.26 Å². The molecule has 0 fully saturated rings. The van der Waals surface area contributed by atoms with Crippen molar-refractivity contribution in [2.24, 2.45) is 0 Å². The van der Waals surface area contributed by atoms with Crippen LogP contribution in [0.25, 0.3) is 0 Å². The van der Waals surface area contributed by atoms with Crippen LogP contribution in [0.4, 0.5) is 5.13 Å². The monoisotopic (exact) mass is 369 g/mol. The summed E-state index contributed by atoms with van der Waals surface area (Å²) in [7, 11) is -3.65. The Bertz CT molecular complexity index is 698. The molecule has 1 aromatic heterocycles. The van der Waals surface area contributed by atoms with E-state index < -0.39 is 10.0 Å². The number of hydrogen-bond acceptors (Lipinski definition) is 6. The van der Waals surface area contributed by atoms with Gasteiger partial charge in [-0.1, -0.05) is 52.4 Å². The summed E-state index contributed by atoms with van der Waals surface area (Å²) in [5.41, 5.74) is 0.359. The van der Waals surface area contributed by atoms with Crippen molar-refractivity contribution in [3.8, 4) is 0 Å². The lowest BCUT2D eigenvalue weighted by Gasteiger charge is -2.08. The molecule has 2 aromatic rings. The SMILES string of the molecule is CSc1nnc(NS(=O)(=O)Cc2c(Cl)cccc2Cl)s1. The van der Waals surface area contributed by atoms with E-state index in [9.17, 15) is 8.42 Å². The molecule has 0 amide bonds. The fourth-order valence-electron chi connectivity index (χ4n) is 1.36. The molecule has 1 aromatic carbocycles. The molecule has 20 heavy (non-hydrogen) atoms. The van der Waals surface area contributed by atoms with Gasteiger partial charge in [-0.25, -0.2) is 8.42 Å². The van der Waals surface area contributed by atoms with E-state index in [0.29, 0.717) is 19.9 Å². The summed E-state index contributed by atoms with van der Waals surface area (Å²) < 4.78 is 27.2. The smallest absolute Gasteiger partial charge is 0.238 e. The predicted molar refractivity (Wildman–Crippen MR) is 84.4 cm³/mol. The highest BCUT2D eigenvalue weighted by Crippen LogP contribution is 2.28. The number of sulfonamides is 1. The van der Waals surface area contributed by atoms with Crippen LogP contribution in [0.5, 0.6) is 0 Å². The Morgan fingerprint density at radius 3 is 2.50 bits per heavy atom. The van der Waals surface area contributed by atoms with Gasteiger partial charge in [0.1, 0.15) is 0 Å². The van der Waals surface area contributed by atoms with E-state index >= 15 is 0 Å². The molecule has 1 heterocycles. The quantitative estimate of drug-likeness (QED) is 0.816. The van der Waals surface area contributed by atoms with Crippen molar-refractivity contribution in [1.29, 1.82) is 0 Å². The van der Waals surface area contributed by atoms with Crippen LogP contribution in [-0.4, -0.2) is 24.9 Å². The Balaban J connectivity index is 2.19. The van der Waals surface area contributed by atoms with Crippen LogP contribution in [0.1, 0.15) is 5.56 Å². The lowest BCUT2D eigenvalue weighted by molar-refractivity contribution is 0.600. The summed E-state index contributed by atoms with van der Waals surface area (Å²) >= 11 is 14.5. The number of aromatic nitrogens is 2. The molecular formula is C10H9Cl2N3O2S3. The number of halogens is 2. The van der Waals surface area contributed by atoms with Gasteiger partial charge in [0.05, 0.1) is 5.75 Å². The third-order valence-electron chi connectivity index (χ3n) is 2.22. The fraction of sp³-hybridized carbons (Fsp3) is 0.200. The number of nitrogens with one attached hydrogen (secondary N) is 1. The molecule has 0 aliphatic rings. The van der Waals surface area contributed by atoms with E-state index in [4.69, 9.17) is 23.2 Å². The molecule has 0 unspecified atom stereocenters. The van der Waals surface area contributed by atoms with Crippen molar-refractivity contribution in [3.05, 3.63) is 33.8 Å². The summed E-state index contributed by atoms with van der Waals surface area (Å²) in [5.74, 6) is -0.320. The molecule has 1 N–H and O–H groups in total. The van der Waals surface area contributed by atoms with Gasteiger partial charge >= 0.3 is 0 Å². The Morgan fingerprint density at radius 2 is 1.95 bits per heavy atom. The molecule has 0 atom stereocenters. The second-order valence-corrected chi connectivity index (χ2v) is 8.21. The van der Waals surface area contributed by atoms with Gasteiger partial charge in [-0.05, 0) is 18.4 Å². The van der Waals surface area contributed by atoms with Crippen molar-refractivity contribution in [2.45, 2.75) is 10.1 Å². The third kappa shape index (κ3) is 3.98. The van der Waals surface area contributed by atoms with Gasteiger partial charge < -0.3 is 0 Å². The molecule has 0 saturated heterocycles. The maximum Gasteiger partial charge on any atom is 0.238 e. The fourth-order valence-corrected chi connectivity index (χ4v) is 4.69. The lowest BCUT2D eigenvalue weighted by Crippen LogP contribution is -2.15. The number of thioether (sulfide) groups is 1. The number of hydrogen-bond donors (Lipinski definition) is 1. The molecule has 108 valence electrons. The minimum absolute atomic E-state index is 0.220. The summed E-state index contributed by atoms with van der Waals surface area (Å²) in [5, 5.41) is 8.40. The highest BCUT2D eigenvalue weighted by molar-refractivity contribution is 8.00. The second kappa shape index (κ2) is 6.48. The Labute approximate surface area is 134 Å². The van der Waals surface area contributed by atoms with Crippen LogP contribution in [0, 0.1) is 0 Å². The van der Waals surface area contributed by atoms with Crippen LogP contribution in [-0.2, 0) is 15.8 Å². The van der Waals surface area contributed by atoms with Crippen molar-refractivity contribution in [1.82, 2.24) is 10.2 Å². The highest BCUT2D eigenvalue weighted by atomic mass is 35.5. The summed E-state index contributed by atoms with van der Waals surface area (Å²) in [6.45, 7) is 0. The molecule has 0 aliphatic carbocycles. The molecule has 10 heteroatoms. The summed E-state index contributed by atoms with van der Waals surface area (Å²) in [6, 6.07) is 4.84. The number of benzene rings is 1. The van der Waals surface area contributed by atoms with Gasteiger partial charge in [0.25, 0.3) is 0 Å². The number of nitrogens with zero attached hydrogens (tertiary/aromatic N) is 2. The van der Waals surface area contributed by atoms with Crippen molar-refractivity contribution in [3.63, 3.8) is 0 Å². The third-order valence-corrected chi connectivity index (χ3v) is 6.04. The zero-order valence-corrected chi connectivity index (χ0v) is 14.1. The van der Waals surface area contributed by atoms with Gasteiger partial charge in [-0.2, -0.15) is 0 Å². The predicted octanol–water partition coefficient (Wildman–Crippen LogP) is 3.51. The molecule has 0 spiro atoms. The topological polar surface area (TPSA) is 72.0 Å². The van der Waals surface area contributed by atoms with Crippen LogP contribution < -0.4 is 4.72 Å². The van der Waals surface area contributed by atoms with Crippen LogP contribution >= 0.6 is 46.3 Å². The van der Waals surface area contributed by atoms with E-state index in [-0.39, 0.29) is 10.9 Å². The Hall–Kier alpha value is -0.540. The minimum atomic E-state index is -3.65. The van der Waals surface area contributed by atoms with E-state index in [1.54, 1.807) is 18.2 Å². The average molecular weight is 370 g/mol. The Kier molecular flexibility index (Phi) is 5.14. The van der Waals surface area contributed by atoms with Gasteiger partial charge in [0, 0.05) is 15.6 Å². The van der Waals surface area contributed by atoms with Crippen molar-refractivity contribution in [2.75, 3.05) is 11.0 Å². The standard InChI is InChI=1S/C10H9Cl2N3O2S3/c1-18-10-14-13-9(19-10)15-20(16,17)5-6-7(11)3-2-4-8(6)12/h2-4H,5H2,1H3,(H,13,15). The molecule has 0 bridgehead atoms. The van der Waals surface area contributed by atoms with Crippen LogP contribution in [0.2, 0.25) is 10.0 Å². The number of rotatable bonds is 5. The zero-order chi connectivity index (χ0) is 14.8. The number of anilines is 1. The molecule has 5 nitrogen and oxygen atoms in total. The first-order valence-corrected chi connectivity index (χ1v) is 9.67. The first-order valence-electron chi connectivity index (χ1n) is 5.22. The summed E-state index contributed by atoms with van der Waals surface area (Å²) in [4.78, 5) is 0. The Morgan fingerprint density at radius 1 is 1.30 bits per heavy atom. The lowest BCUT2D eigenvalue weighted by atomic mass is 10.2. The largest absolute Gasteiger partial charge is 0.257 e. The van der Waals surface area contributed by atoms with Crippen molar-refractivity contribution >= 4 is 61.5 Å². The van der Waals surface area contributed by atoms with E-state index in [1.165, 1.54) is 11.8 Å². The van der Waals surface area contributed by atoms with Crippen molar-refractivity contribution < 1.29 is 8.42 Å². The zero-order valence-electron chi connectivity index (χ0n) is 10.1. The van der Waals surface area contributed by atoms with E-state index in [0.717, 1.165) is 11.3 Å². The van der Waals surface area contributed by atoms with Crippen LogP contribution in [0.15, 0.2) is 22.5 Å². The molecule has 0 radical (unpaired) electrons. The first-order chi connectivity index (χ1) is 9.41. The molecule has 0 aliphatic heterocycles. The van der Waals surface area contributed by atoms with Gasteiger partial charge in [-0.15, -0.1) is 10.2 Å². The van der Waals surface area contributed by atoms with Gasteiger partial charge in [-0.3, -0.25) is 4.72 Å². The van der Waals surface area contributed by atoms with Gasteiger partial charge in [0.15, 0.2) is 4.34 Å². The average Bonchev–Trinajstić information content (AvgIpc) is 2.81. The summed E-state index contributed by atoms with van der Waals surface area (Å²) in [6.07, 6.45) is 1.84. The highest BCUT2D eigenvalue weighted by Gasteiger charge is 2.18. The first kappa shape index (κ1) is 15.8. The van der Waals surface area contributed by atoms with Crippen LogP contribution in [0.3, 0.4) is 0 Å². The molecular weight excluding hydrogens is 361 g/mol. The second-order valence-electron chi connectivity index (χ2n) is 3.64.